The zero-order valence-electron chi connectivity index (χ0n) is 9.89. The summed E-state index contributed by atoms with van der Waals surface area (Å²) in [4.78, 5) is 16.2. The molecule has 2 N–H and O–H groups in total. The van der Waals surface area contributed by atoms with Crippen LogP contribution in [0.4, 0.5) is 0 Å². The third-order valence-corrected chi connectivity index (χ3v) is 3.39. The minimum Gasteiger partial charge on any atom is -0.348 e. The van der Waals surface area contributed by atoms with Crippen LogP contribution < -0.4 is 5.32 Å². The Balaban J connectivity index is 1.69. The monoisotopic (exact) mass is 242 g/mol. The van der Waals surface area contributed by atoms with E-state index in [1.165, 1.54) is 6.33 Å². The molecule has 1 aliphatic rings. The van der Waals surface area contributed by atoms with Gasteiger partial charge in [0.2, 0.25) is 5.91 Å². The molecule has 92 valence electrons. The fourth-order valence-electron chi connectivity index (χ4n) is 2.18. The van der Waals surface area contributed by atoms with Gasteiger partial charge in [-0.15, -0.1) is 0 Å². The second-order valence-corrected chi connectivity index (χ2v) is 4.56. The lowest BCUT2D eigenvalue weighted by Gasteiger charge is -2.14. The molecule has 0 aliphatic heterocycles. The Kier molecular flexibility index (Phi) is 2.59. The Morgan fingerprint density at radius 3 is 2.72 bits per heavy atom. The predicted octanol–water partition coefficient (Wildman–Crippen LogP) is 1.15. The Labute approximate surface area is 105 Å². The number of benzene rings is 1. The SMILES string of the molecule is O=C(NCc1ncn[nH]1)C1(c2ccccc2)CC1. The number of hydrogen-bond acceptors (Lipinski definition) is 3. The number of aromatic amines is 1. The molecule has 0 unspecified atom stereocenters. The molecule has 0 spiro atoms. The van der Waals surface area contributed by atoms with Crippen LogP contribution in [0.15, 0.2) is 36.7 Å². The molecule has 0 atom stereocenters. The molecule has 0 radical (unpaired) electrons. The fraction of sp³-hybridized carbons (Fsp3) is 0.308. The summed E-state index contributed by atoms with van der Waals surface area (Å²) < 4.78 is 0. The summed E-state index contributed by atoms with van der Waals surface area (Å²) in [5.41, 5.74) is 0.779. The third-order valence-electron chi connectivity index (χ3n) is 3.39. The van der Waals surface area contributed by atoms with Gasteiger partial charge in [-0.3, -0.25) is 9.89 Å². The van der Waals surface area contributed by atoms with Crippen LogP contribution in [0.1, 0.15) is 24.2 Å². The number of nitrogens with one attached hydrogen (secondary N) is 2. The van der Waals surface area contributed by atoms with Gasteiger partial charge in [0.15, 0.2) is 0 Å². The van der Waals surface area contributed by atoms with Crippen molar-refractivity contribution in [3.05, 3.63) is 48.0 Å². The van der Waals surface area contributed by atoms with E-state index in [-0.39, 0.29) is 11.3 Å². The largest absolute Gasteiger partial charge is 0.348 e. The Hall–Kier alpha value is -2.17. The number of carbonyl (C=O) groups is 1. The molecule has 5 heteroatoms. The molecule has 1 aliphatic carbocycles. The molecule has 0 saturated heterocycles. The molecule has 1 amide bonds. The Morgan fingerprint density at radius 2 is 2.11 bits per heavy atom. The second kappa shape index (κ2) is 4.25. The van der Waals surface area contributed by atoms with E-state index in [1.807, 2.05) is 30.3 Å². The molecule has 0 bridgehead atoms. The van der Waals surface area contributed by atoms with E-state index < -0.39 is 0 Å². The van der Waals surface area contributed by atoms with Crippen LogP contribution in [0, 0.1) is 0 Å². The molecular weight excluding hydrogens is 228 g/mol. The van der Waals surface area contributed by atoms with Gasteiger partial charge in [0, 0.05) is 0 Å². The number of aromatic nitrogens is 3. The number of rotatable bonds is 4. The quantitative estimate of drug-likeness (QED) is 0.845. The maximum atomic E-state index is 12.2. The van der Waals surface area contributed by atoms with Gasteiger partial charge >= 0.3 is 0 Å². The van der Waals surface area contributed by atoms with Crippen LogP contribution in [0.25, 0.3) is 0 Å². The number of nitrogens with zero attached hydrogens (tertiary/aromatic N) is 2. The van der Waals surface area contributed by atoms with E-state index in [0.717, 1.165) is 18.4 Å². The van der Waals surface area contributed by atoms with E-state index in [1.54, 1.807) is 0 Å². The fourth-order valence-corrected chi connectivity index (χ4v) is 2.18. The van der Waals surface area contributed by atoms with Gasteiger partial charge in [-0.05, 0) is 18.4 Å². The van der Waals surface area contributed by atoms with E-state index in [2.05, 4.69) is 20.5 Å². The second-order valence-electron chi connectivity index (χ2n) is 4.56. The molecule has 1 aromatic heterocycles. The van der Waals surface area contributed by atoms with E-state index in [0.29, 0.717) is 12.4 Å². The predicted molar refractivity (Wildman–Crippen MR) is 65.6 cm³/mol. The summed E-state index contributed by atoms with van der Waals surface area (Å²) in [7, 11) is 0. The van der Waals surface area contributed by atoms with E-state index in [9.17, 15) is 4.79 Å². The van der Waals surface area contributed by atoms with Crippen LogP contribution in [0.3, 0.4) is 0 Å². The van der Waals surface area contributed by atoms with Crippen molar-refractivity contribution >= 4 is 5.91 Å². The summed E-state index contributed by atoms with van der Waals surface area (Å²) in [5, 5.41) is 9.39. The van der Waals surface area contributed by atoms with Gasteiger partial charge in [-0.2, -0.15) is 5.10 Å². The molecule has 2 aromatic rings. The molecule has 1 aromatic carbocycles. The molecule has 1 heterocycles. The molecule has 1 saturated carbocycles. The molecule has 5 nitrogen and oxygen atoms in total. The van der Waals surface area contributed by atoms with Crippen molar-refractivity contribution in [2.45, 2.75) is 24.8 Å². The standard InChI is InChI=1S/C13H14N4O/c18-12(14-8-11-15-9-16-17-11)13(6-7-13)10-4-2-1-3-5-10/h1-5,9H,6-8H2,(H,14,18)(H,15,16,17). The van der Waals surface area contributed by atoms with Gasteiger partial charge in [0.05, 0.1) is 12.0 Å². The first kappa shape index (κ1) is 11.0. The first-order valence-corrected chi connectivity index (χ1v) is 5.99. The molecule has 1 fully saturated rings. The number of hydrogen-bond donors (Lipinski definition) is 2. The highest BCUT2D eigenvalue weighted by atomic mass is 16.2. The van der Waals surface area contributed by atoms with Gasteiger partial charge < -0.3 is 5.32 Å². The van der Waals surface area contributed by atoms with Crippen molar-refractivity contribution in [2.24, 2.45) is 0 Å². The van der Waals surface area contributed by atoms with Crippen LogP contribution in [-0.4, -0.2) is 21.1 Å². The van der Waals surface area contributed by atoms with Gasteiger partial charge in [0.25, 0.3) is 0 Å². The van der Waals surface area contributed by atoms with Crippen molar-refractivity contribution in [1.82, 2.24) is 20.5 Å². The van der Waals surface area contributed by atoms with Crippen molar-refractivity contribution in [1.29, 1.82) is 0 Å². The average Bonchev–Trinajstić information content (AvgIpc) is 3.07. The molecular formula is C13H14N4O. The minimum atomic E-state index is -0.318. The zero-order chi connectivity index (χ0) is 12.4. The lowest BCUT2D eigenvalue weighted by molar-refractivity contribution is -0.123. The van der Waals surface area contributed by atoms with E-state index in [4.69, 9.17) is 0 Å². The topological polar surface area (TPSA) is 70.7 Å². The highest BCUT2D eigenvalue weighted by molar-refractivity contribution is 5.91. The van der Waals surface area contributed by atoms with Gasteiger partial charge in [-0.1, -0.05) is 30.3 Å². The van der Waals surface area contributed by atoms with Crippen molar-refractivity contribution < 1.29 is 4.79 Å². The highest BCUT2D eigenvalue weighted by Crippen LogP contribution is 2.48. The van der Waals surface area contributed by atoms with Crippen molar-refractivity contribution in [2.75, 3.05) is 0 Å². The Morgan fingerprint density at radius 1 is 1.33 bits per heavy atom. The first-order chi connectivity index (χ1) is 8.81. The van der Waals surface area contributed by atoms with Crippen molar-refractivity contribution in [3.63, 3.8) is 0 Å². The molecule has 18 heavy (non-hydrogen) atoms. The summed E-state index contributed by atoms with van der Waals surface area (Å²) >= 11 is 0. The Bertz CT molecular complexity index is 531. The minimum absolute atomic E-state index is 0.0742. The lowest BCUT2D eigenvalue weighted by Crippen LogP contribution is -2.34. The van der Waals surface area contributed by atoms with Gasteiger partial charge in [-0.25, -0.2) is 4.98 Å². The highest BCUT2D eigenvalue weighted by Gasteiger charge is 2.50. The van der Waals surface area contributed by atoms with E-state index >= 15 is 0 Å². The number of amides is 1. The van der Waals surface area contributed by atoms with Crippen LogP contribution in [0.5, 0.6) is 0 Å². The maximum Gasteiger partial charge on any atom is 0.231 e. The zero-order valence-corrected chi connectivity index (χ0v) is 9.89. The summed E-state index contributed by atoms with van der Waals surface area (Å²) in [5.74, 6) is 0.748. The lowest BCUT2D eigenvalue weighted by atomic mass is 9.95. The van der Waals surface area contributed by atoms with Crippen LogP contribution in [0.2, 0.25) is 0 Å². The smallest absolute Gasteiger partial charge is 0.231 e. The average molecular weight is 242 g/mol. The van der Waals surface area contributed by atoms with Gasteiger partial charge in [0.1, 0.15) is 12.2 Å². The van der Waals surface area contributed by atoms with Crippen LogP contribution in [-0.2, 0) is 16.8 Å². The summed E-state index contributed by atoms with van der Waals surface area (Å²) in [6.45, 7) is 0.396. The maximum absolute atomic E-state index is 12.2. The summed E-state index contributed by atoms with van der Waals surface area (Å²) in [6, 6.07) is 9.94. The van der Waals surface area contributed by atoms with Crippen LogP contribution >= 0.6 is 0 Å². The summed E-state index contributed by atoms with van der Waals surface area (Å²) in [6.07, 6.45) is 3.27. The number of carbonyl (C=O) groups excluding carboxylic acids is 1. The third kappa shape index (κ3) is 1.88. The first-order valence-electron chi connectivity index (χ1n) is 5.99. The number of H-pyrrole nitrogens is 1. The normalized spacial score (nSPS) is 16.2. The van der Waals surface area contributed by atoms with Crippen molar-refractivity contribution in [3.8, 4) is 0 Å². The molecule has 3 rings (SSSR count).